The highest BCUT2D eigenvalue weighted by Gasteiger charge is 2.63. The number of nitrogens with one attached hydrogen (secondary N) is 1. The average Bonchev–Trinajstić information content (AvgIpc) is 3.52. The number of amides is 1. The molecule has 0 aromatic carbocycles. The smallest absolute Gasteiger partial charge is 0.306 e. The van der Waals surface area contributed by atoms with Gasteiger partial charge in [-0.1, -0.05) is 103 Å². The molecule has 1 amide bonds. The van der Waals surface area contributed by atoms with E-state index in [1.807, 2.05) is 0 Å². The second kappa shape index (κ2) is 23.2. The minimum Gasteiger partial charge on any atom is -0.462 e. The van der Waals surface area contributed by atoms with Crippen LogP contribution in [-0.4, -0.2) is 54.5 Å². The number of fused-ring (bicyclic) bond motifs is 5. The highest BCUT2D eigenvalue weighted by molar-refractivity contribution is 7.85. The molecule has 0 radical (unpaired) electrons. The lowest BCUT2D eigenvalue weighted by Gasteiger charge is -2.62. The molecule has 4 aliphatic carbocycles. The van der Waals surface area contributed by atoms with Gasteiger partial charge in [0.2, 0.25) is 5.91 Å². The number of rotatable bonds is 25. The van der Waals surface area contributed by atoms with E-state index >= 15 is 0 Å². The molecule has 10 unspecified atom stereocenters. The van der Waals surface area contributed by atoms with Crippen LogP contribution in [0.5, 0.6) is 0 Å². The molecule has 0 heterocycles. The first kappa shape index (κ1) is 47.0. The van der Waals surface area contributed by atoms with Crippen LogP contribution in [0, 0.1) is 46.3 Å². The van der Waals surface area contributed by atoms with E-state index in [9.17, 15) is 23.1 Å². The van der Waals surface area contributed by atoms with Crippen molar-refractivity contribution in [2.24, 2.45) is 46.3 Å². The van der Waals surface area contributed by atoms with Crippen molar-refractivity contribution in [3.05, 3.63) is 24.3 Å². The van der Waals surface area contributed by atoms with Crippen molar-refractivity contribution in [1.29, 1.82) is 0 Å². The zero-order valence-corrected chi connectivity index (χ0v) is 36.7. The number of hydrogen-bond acceptors (Lipinski definition) is 6. The molecule has 8 nitrogen and oxygen atoms in total. The van der Waals surface area contributed by atoms with Crippen LogP contribution < -0.4 is 5.32 Å². The molecule has 10 atom stereocenters. The number of esters is 1. The van der Waals surface area contributed by atoms with E-state index in [1.54, 1.807) is 0 Å². The van der Waals surface area contributed by atoms with Gasteiger partial charge >= 0.3 is 5.97 Å². The molecular weight excluding hydrogens is 723 g/mol. The van der Waals surface area contributed by atoms with Crippen molar-refractivity contribution in [3.63, 3.8) is 0 Å². The van der Waals surface area contributed by atoms with Crippen molar-refractivity contribution in [2.75, 3.05) is 12.3 Å². The Balaban J connectivity index is 1.10. The number of unbranched alkanes of at least 4 members (excludes halogenated alkanes) is 11. The predicted molar refractivity (Wildman–Crippen MR) is 228 cm³/mol. The molecular formula is C47H81NO7S. The van der Waals surface area contributed by atoms with E-state index in [0.29, 0.717) is 48.9 Å². The molecule has 4 aliphatic rings. The number of aliphatic hydroxyl groups excluding tert-OH is 1. The summed E-state index contributed by atoms with van der Waals surface area (Å²) in [6.45, 7) is 9.18. The van der Waals surface area contributed by atoms with E-state index in [2.05, 4.69) is 57.3 Å². The summed E-state index contributed by atoms with van der Waals surface area (Å²) in [6, 6.07) is 0. The molecule has 0 bridgehead atoms. The topological polar surface area (TPSA) is 130 Å². The number of hydrogen-bond donors (Lipinski definition) is 3. The lowest BCUT2D eigenvalue weighted by atomic mass is 9.43. The van der Waals surface area contributed by atoms with E-state index in [1.165, 1.54) is 83.5 Å². The molecule has 3 N–H and O–H groups in total. The maximum absolute atomic E-state index is 12.9. The van der Waals surface area contributed by atoms with Gasteiger partial charge in [-0.3, -0.25) is 14.1 Å². The quantitative estimate of drug-likeness (QED) is 0.0362. The van der Waals surface area contributed by atoms with Crippen molar-refractivity contribution < 1.29 is 32.4 Å². The average molecular weight is 804 g/mol. The molecule has 0 aromatic rings. The predicted octanol–water partition coefficient (Wildman–Crippen LogP) is 10.9. The summed E-state index contributed by atoms with van der Waals surface area (Å²) in [4.78, 5) is 25.3. The van der Waals surface area contributed by atoms with E-state index in [-0.39, 0.29) is 47.4 Å². The second-order valence-corrected chi connectivity index (χ2v) is 20.6. The van der Waals surface area contributed by atoms with E-state index in [0.717, 1.165) is 57.8 Å². The lowest BCUT2D eigenvalue weighted by molar-refractivity contribution is -0.181. The van der Waals surface area contributed by atoms with Gasteiger partial charge in [-0.05, 0) is 143 Å². The van der Waals surface area contributed by atoms with Crippen molar-refractivity contribution >= 4 is 22.0 Å². The molecule has 0 aliphatic heterocycles. The zero-order chi connectivity index (χ0) is 40.6. The molecule has 322 valence electrons. The first-order valence-corrected chi connectivity index (χ1v) is 24.8. The first-order chi connectivity index (χ1) is 26.8. The van der Waals surface area contributed by atoms with Crippen LogP contribution in [0.2, 0.25) is 0 Å². The third kappa shape index (κ3) is 13.7. The summed E-state index contributed by atoms with van der Waals surface area (Å²) < 4.78 is 37.0. The largest absolute Gasteiger partial charge is 0.462 e. The number of allylic oxidation sites excluding steroid dienone is 4. The maximum Gasteiger partial charge on any atom is 0.306 e. The molecule has 4 rings (SSSR count). The van der Waals surface area contributed by atoms with Crippen LogP contribution >= 0.6 is 0 Å². The minimum absolute atomic E-state index is 0.0176. The summed E-state index contributed by atoms with van der Waals surface area (Å²) in [6.07, 6.45) is 35.9. The summed E-state index contributed by atoms with van der Waals surface area (Å²) in [7, 11) is -4.10. The van der Waals surface area contributed by atoms with Gasteiger partial charge in [-0.2, -0.15) is 8.42 Å². The second-order valence-electron chi connectivity index (χ2n) is 19.0. The molecule has 4 fully saturated rings. The van der Waals surface area contributed by atoms with Gasteiger partial charge in [0.25, 0.3) is 10.1 Å². The Bertz CT molecular complexity index is 1360. The van der Waals surface area contributed by atoms with E-state index in [4.69, 9.17) is 9.29 Å². The maximum atomic E-state index is 12.9. The molecule has 56 heavy (non-hydrogen) atoms. The summed E-state index contributed by atoms with van der Waals surface area (Å²) >= 11 is 0. The zero-order valence-electron chi connectivity index (χ0n) is 35.9. The number of ether oxygens (including phenoxy) is 1. The van der Waals surface area contributed by atoms with Crippen LogP contribution in [0.25, 0.3) is 0 Å². The Hall–Kier alpha value is -1.71. The fourth-order valence-electron chi connectivity index (χ4n) is 12.1. The highest BCUT2D eigenvalue weighted by atomic mass is 32.2. The van der Waals surface area contributed by atoms with Crippen molar-refractivity contribution in [1.82, 2.24) is 5.32 Å². The Morgan fingerprint density at radius 2 is 1.48 bits per heavy atom. The van der Waals surface area contributed by atoms with Gasteiger partial charge in [-0.15, -0.1) is 0 Å². The minimum atomic E-state index is -4.10. The van der Waals surface area contributed by atoms with Crippen molar-refractivity contribution in [2.45, 2.75) is 200 Å². The number of carbonyl (C=O) groups is 2. The monoisotopic (exact) mass is 804 g/mol. The van der Waals surface area contributed by atoms with Gasteiger partial charge in [-0.25, -0.2) is 0 Å². The molecule has 4 saturated carbocycles. The van der Waals surface area contributed by atoms with Gasteiger partial charge < -0.3 is 15.2 Å². The van der Waals surface area contributed by atoms with Gasteiger partial charge in [0, 0.05) is 19.4 Å². The Morgan fingerprint density at radius 3 is 2.16 bits per heavy atom. The SMILES string of the molecule is CCCCCC/C=C\C/C=C\CCCCCCCCCC(=O)OC1CCC2(C)C(CCC3C2CC(O)C2(C)C(C(C)CCC(=O)NCCS(=O)(=O)O)CCC32)C1. The van der Waals surface area contributed by atoms with Gasteiger partial charge in [0.15, 0.2) is 0 Å². The molecule has 0 aromatic heterocycles. The van der Waals surface area contributed by atoms with Crippen LogP contribution in [0.4, 0.5) is 0 Å². The van der Waals surface area contributed by atoms with Gasteiger partial charge in [0.05, 0.1) is 11.9 Å². The standard InChI is InChI=1S/C47H81NO7S/c1-5-6-7-8-9-10-11-12-13-14-15-16-17-18-19-20-21-22-23-45(51)55-38-30-31-46(3)37(34-38)25-26-39-41-28-27-40(47(41,4)43(49)35-42(39)46)36(2)24-29-44(50)48-32-33-56(52,53)54/h10-11,13-14,36-43,49H,5-9,12,15-35H2,1-4H3,(H,48,50)(H,52,53,54)/b11-10-,14-13-. The third-order valence-corrected chi connectivity index (χ3v) is 16.1. The number of carbonyl (C=O) groups excluding carboxylic acids is 2. The lowest BCUT2D eigenvalue weighted by Crippen LogP contribution is -2.59. The van der Waals surface area contributed by atoms with Crippen LogP contribution in [-0.2, 0) is 24.4 Å². The third-order valence-electron chi connectivity index (χ3n) is 15.4. The Morgan fingerprint density at radius 1 is 0.821 bits per heavy atom. The first-order valence-electron chi connectivity index (χ1n) is 23.2. The summed E-state index contributed by atoms with van der Waals surface area (Å²) in [5.41, 5.74) is -0.00124. The Kier molecular flexibility index (Phi) is 19.4. The molecule has 0 saturated heterocycles. The van der Waals surface area contributed by atoms with E-state index < -0.39 is 15.9 Å². The summed E-state index contributed by atoms with van der Waals surface area (Å²) in [5, 5.41) is 14.6. The van der Waals surface area contributed by atoms with Crippen LogP contribution in [0.15, 0.2) is 24.3 Å². The van der Waals surface area contributed by atoms with Crippen LogP contribution in [0.1, 0.15) is 188 Å². The molecule has 9 heteroatoms. The fourth-order valence-corrected chi connectivity index (χ4v) is 12.4. The Labute approximate surface area is 342 Å². The van der Waals surface area contributed by atoms with Crippen LogP contribution in [0.3, 0.4) is 0 Å². The molecule has 0 spiro atoms. The normalized spacial score (nSPS) is 32.2. The van der Waals surface area contributed by atoms with Gasteiger partial charge in [0.1, 0.15) is 6.10 Å². The van der Waals surface area contributed by atoms with Crippen molar-refractivity contribution in [3.8, 4) is 0 Å². The fraction of sp³-hybridized carbons (Fsp3) is 0.872. The summed E-state index contributed by atoms with van der Waals surface area (Å²) in [5.74, 6) is 2.01. The number of aliphatic hydroxyl groups is 1. The highest BCUT2D eigenvalue weighted by Crippen LogP contribution is 2.68.